The average Bonchev–Trinajstić information content (AvgIpc) is 2.84. The van der Waals surface area contributed by atoms with Gasteiger partial charge in [0.25, 0.3) is 0 Å². The summed E-state index contributed by atoms with van der Waals surface area (Å²) in [7, 11) is 0. The molecule has 1 fully saturated rings. The molecule has 2 heterocycles. The first kappa shape index (κ1) is 13.9. The quantitative estimate of drug-likeness (QED) is 0.835. The summed E-state index contributed by atoms with van der Waals surface area (Å²) in [5.41, 5.74) is 2.74. The van der Waals surface area contributed by atoms with Gasteiger partial charge in [-0.15, -0.1) is 0 Å². The molecule has 1 atom stereocenters. The van der Waals surface area contributed by atoms with Crippen LogP contribution in [0, 0.1) is 0 Å². The van der Waals surface area contributed by atoms with Gasteiger partial charge in [-0.1, -0.05) is 18.6 Å². The fraction of sp³-hybridized carbons (Fsp3) is 0.647. The van der Waals surface area contributed by atoms with Crippen molar-refractivity contribution in [2.75, 3.05) is 26.2 Å². The molecular formula is C17H26N2O. The lowest BCUT2D eigenvalue weighted by molar-refractivity contribution is 0.229. The minimum atomic E-state index is 0.340. The lowest BCUT2D eigenvalue weighted by Gasteiger charge is -2.26. The number of benzene rings is 1. The zero-order valence-corrected chi connectivity index (χ0v) is 12.5. The van der Waals surface area contributed by atoms with Gasteiger partial charge in [-0.05, 0) is 50.0 Å². The topological polar surface area (TPSA) is 24.5 Å². The van der Waals surface area contributed by atoms with Gasteiger partial charge >= 0.3 is 0 Å². The Kier molecular flexibility index (Phi) is 4.58. The van der Waals surface area contributed by atoms with Crippen molar-refractivity contribution in [2.24, 2.45) is 0 Å². The van der Waals surface area contributed by atoms with Gasteiger partial charge in [0, 0.05) is 26.1 Å². The highest BCUT2D eigenvalue weighted by atomic mass is 16.5. The lowest BCUT2D eigenvalue weighted by atomic mass is 10.1. The van der Waals surface area contributed by atoms with Gasteiger partial charge in [0.1, 0.15) is 11.9 Å². The second kappa shape index (κ2) is 6.59. The first-order valence-corrected chi connectivity index (χ1v) is 8.03. The monoisotopic (exact) mass is 274 g/mol. The number of fused-ring (bicyclic) bond motifs is 1. The highest BCUT2D eigenvalue weighted by molar-refractivity contribution is 5.40. The molecule has 2 aliphatic rings. The largest absolute Gasteiger partial charge is 0.490 e. The van der Waals surface area contributed by atoms with Crippen LogP contribution in [0.4, 0.5) is 0 Å². The molecule has 1 saturated heterocycles. The molecule has 1 aromatic carbocycles. The van der Waals surface area contributed by atoms with Crippen molar-refractivity contribution < 1.29 is 4.74 Å². The molecule has 20 heavy (non-hydrogen) atoms. The molecule has 1 aromatic rings. The van der Waals surface area contributed by atoms with E-state index in [0.29, 0.717) is 6.10 Å². The van der Waals surface area contributed by atoms with Crippen LogP contribution < -0.4 is 10.1 Å². The summed E-state index contributed by atoms with van der Waals surface area (Å²) < 4.78 is 5.74. The summed E-state index contributed by atoms with van der Waals surface area (Å²) in [5, 5.41) is 3.57. The predicted molar refractivity (Wildman–Crippen MR) is 82.2 cm³/mol. The van der Waals surface area contributed by atoms with Crippen molar-refractivity contribution >= 4 is 0 Å². The third kappa shape index (κ3) is 3.53. The van der Waals surface area contributed by atoms with E-state index >= 15 is 0 Å². The van der Waals surface area contributed by atoms with Crippen molar-refractivity contribution in [3.05, 3.63) is 29.3 Å². The van der Waals surface area contributed by atoms with Gasteiger partial charge in [0.2, 0.25) is 0 Å². The zero-order chi connectivity index (χ0) is 13.8. The molecule has 1 unspecified atom stereocenters. The van der Waals surface area contributed by atoms with Crippen molar-refractivity contribution in [2.45, 2.75) is 45.3 Å². The second-order valence-electron chi connectivity index (χ2n) is 6.15. The van der Waals surface area contributed by atoms with Crippen LogP contribution in [0.5, 0.6) is 5.75 Å². The Morgan fingerprint density at radius 2 is 2.10 bits per heavy atom. The van der Waals surface area contributed by atoms with E-state index in [9.17, 15) is 0 Å². The van der Waals surface area contributed by atoms with Crippen LogP contribution in [0.2, 0.25) is 0 Å². The van der Waals surface area contributed by atoms with Gasteiger partial charge in [-0.2, -0.15) is 0 Å². The molecule has 1 N–H and O–H groups in total. The first-order valence-electron chi connectivity index (χ1n) is 8.03. The van der Waals surface area contributed by atoms with E-state index in [1.165, 1.54) is 50.0 Å². The van der Waals surface area contributed by atoms with E-state index in [1.807, 2.05) is 0 Å². The number of hydrogen-bond donors (Lipinski definition) is 1. The minimum absolute atomic E-state index is 0.340. The zero-order valence-electron chi connectivity index (χ0n) is 12.5. The summed E-state index contributed by atoms with van der Waals surface area (Å²) in [6.07, 6.45) is 5.56. The van der Waals surface area contributed by atoms with Gasteiger partial charge < -0.3 is 15.0 Å². The molecule has 3 rings (SSSR count). The third-order valence-electron chi connectivity index (χ3n) is 4.34. The van der Waals surface area contributed by atoms with E-state index in [0.717, 1.165) is 25.3 Å². The molecular weight excluding hydrogens is 248 g/mol. The first-order chi connectivity index (χ1) is 9.81. The lowest BCUT2D eigenvalue weighted by Crippen LogP contribution is -2.35. The second-order valence-corrected chi connectivity index (χ2v) is 6.15. The van der Waals surface area contributed by atoms with E-state index in [1.54, 1.807) is 0 Å². The number of rotatable bonds is 5. The van der Waals surface area contributed by atoms with Crippen LogP contribution in [0.25, 0.3) is 0 Å². The Labute approximate surface area is 122 Å². The fourth-order valence-electron chi connectivity index (χ4n) is 3.24. The number of nitrogens with one attached hydrogen (secondary N) is 1. The molecule has 3 heteroatoms. The van der Waals surface area contributed by atoms with Gasteiger partial charge in [-0.25, -0.2) is 0 Å². The summed E-state index contributed by atoms with van der Waals surface area (Å²) >= 11 is 0. The van der Waals surface area contributed by atoms with E-state index in [2.05, 4.69) is 35.3 Å². The highest BCUT2D eigenvalue weighted by Gasteiger charge is 2.18. The van der Waals surface area contributed by atoms with Crippen molar-refractivity contribution in [1.29, 1.82) is 0 Å². The Morgan fingerprint density at radius 1 is 1.25 bits per heavy atom. The molecule has 110 valence electrons. The Bertz CT molecular complexity index is 441. The molecule has 0 amide bonds. The molecule has 0 aliphatic carbocycles. The maximum absolute atomic E-state index is 5.74. The Balaban J connectivity index is 1.41. The number of piperidine rings is 1. The van der Waals surface area contributed by atoms with E-state index in [4.69, 9.17) is 4.74 Å². The standard InChI is InChI=1S/C17H26N2O/c1-14-11-16-12-15(5-6-17(16)20-14)13-18-7-10-19-8-3-2-4-9-19/h5-6,12,14,18H,2-4,7-11,13H2,1H3. The average molecular weight is 274 g/mol. The maximum Gasteiger partial charge on any atom is 0.123 e. The summed E-state index contributed by atoms with van der Waals surface area (Å²) in [5.74, 6) is 1.08. The molecule has 0 spiro atoms. The summed E-state index contributed by atoms with van der Waals surface area (Å²) in [6.45, 7) is 7.95. The SMILES string of the molecule is CC1Cc2cc(CNCCN3CCCCC3)ccc2O1. The number of nitrogens with zero attached hydrogens (tertiary/aromatic N) is 1. The van der Waals surface area contributed by atoms with Gasteiger partial charge in [0.05, 0.1) is 0 Å². The molecule has 0 radical (unpaired) electrons. The van der Waals surface area contributed by atoms with E-state index in [-0.39, 0.29) is 0 Å². The third-order valence-corrected chi connectivity index (χ3v) is 4.34. The maximum atomic E-state index is 5.74. The highest BCUT2D eigenvalue weighted by Crippen LogP contribution is 2.29. The summed E-state index contributed by atoms with van der Waals surface area (Å²) in [4.78, 5) is 2.58. The van der Waals surface area contributed by atoms with E-state index < -0.39 is 0 Å². The molecule has 0 aromatic heterocycles. The smallest absolute Gasteiger partial charge is 0.123 e. The molecule has 0 bridgehead atoms. The van der Waals surface area contributed by atoms with Crippen LogP contribution >= 0.6 is 0 Å². The van der Waals surface area contributed by atoms with Crippen LogP contribution in [-0.4, -0.2) is 37.2 Å². The van der Waals surface area contributed by atoms with Crippen LogP contribution in [0.3, 0.4) is 0 Å². The molecule has 0 saturated carbocycles. The Morgan fingerprint density at radius 3 is 2.95 bits per heavy atom. The minimum Gasteiger partial charge on any atom is -0.490 e. The van der Waals surface area contributed by atoms with Gasteiger partial charge in [-0.3, -0.25) is 0 Å². The van der Waals surface area contributed by atoms with Crippen molar-refractivity contribution in [3.8, 4) is 5.75 Å². The molecule has 3 nitrogen and oxygen atoms in total. The Hall–Kier alpha value is -1.06. The van der Waals surface area contributed by atoms with Crippen molar-refractivity contribution in [3.63, 3.8) is 0 Å². The van der Waals surface area contributed by atoms with Crippen LogP contribution in [0.15, 0.2) is 18.2 Å². The van der Waals surface area contributed by atoms with Gasteiger partial charge in [0.15, 0.2) is 0 Å². The summed E-state index contributed by atoms with van der Waals surface area (Å²) in [6, 6.07) is 6.61. The number of hydrogen-bond acceptors (Lipinski definition) is 3. The fourth-order valence-corrected chi connectivity index (χ4v) is 3.24. The molecule has 2 aliphatic heterocycles. The van der Waals surface area contributed by atoms with Crippen LogP contribution in [-0.2, 0) is 13.0 Å². The van der Waals surface area contributed by atoms with Crippen LogP contribution in [0.1, 0.15) is 37.3 Å². The normalized spacial score (nSPS) is 22.6. The predicted octanol–water partition coefficient (Wildman–Crippen LogP) is 2.59. The number of ether oxygens (including phenoxy) is 1. The van der Waals surface area contributed by atoms with Crippen molar-refractivity contribution in [1.82, 2.24) is 10.2 Å². The number of likely N-dealkylation sites (tertiary alicyclic amines) is 1.